The molecule has 2 heterocycles. The topological polar surface area (TPSA) is 54.5 Å². The molecular weight excluding hydrogens is 442 g/mol. The molecule has 0 saturated heterocycles. The van der Waals surface area contributed by atoms with Gasteiger partial charge < -0.3 is 15.0 Å². The van der Waals surface area contributed by atoms with Gasteiger partial charge in [0.05, 0.1) is 5.41 Å². The van der Waals surface area contributed by atoms with Gasteiger partial charge in [0.25, 0.3) is 0 Å². The van der Waals surface area contributed by atoms with E-state index in [9.17, 15) is 4.79 Å². The number of carbonyl (C=O) groups excluding carboxylic acids is 1. The maximum Gasteiger partial charge on any atom is 0.232 e. The Morgan fingerprint density at radius 1 is 1.03 bits per heavy atom. The number of nitrogens with zero attached hydrogens (tertiary/aromatic N) is 2. The largest absolute Gasteiger partial charge is 0.457 e. The number of hydrogen-bond donors (Lipinski definition) is 1. The second-order valence-electron chi connectivity index (χ2n) is 9.15. The van der Waals surface area contributed by atoms with Gasteiger partial charge in [0.1, 0.15) is 11.5 Å². The highest BCUT2D eigenvalue weighted by Gasteiger charge is 2.43. The number of amides is 1. The summed E-state index contributed by atoms with van der Waals surface area (Å²) >= 11 is 1.42. The number of fused-ring (bicyclic) bond motifs is 2. The van der Waals surface area contributed by atoms with Crippen LogP contribution in [0, 0.1) is 5.41 Å². The summed E-state index contributed by atoms with van der Waals surface area (Å²) < 4.78 is 6.36. The zero-order valence-electron chi connectivity index (χ0n) is 19.5. The van der Waals surface area contributed by atoms with Crippen LogP contribution in [0.3, 0.4) is 0 Å². The zero-order chi connectivity index (χ0) is 23.7. The van der Waals surface area contributed by atoms with E-state index in [1.807, 2.05) is 43.5 Å². The number of ether oxygens (including phenoxy) is 1. The lowest BCUT2D eigenvalue weighted by Crippen LogP contribution is -2.38. The third-order valence-electron chi connectivity index (χ3n) is 6.42. The van der Waals surface area contributed by atoms with Crippen LogP contribution in [-0.4, -0.2) is 17.9 Å². The molecular formula is C28H27N3O2S. The summed E-state index contributed by atoms with van der Waals surface area (Å²) in [4.78, 5) is 19.9. The fourth-order valence-corrected chi connectivity index (χ4v) is 5.11. The number of carbonyl (C=O) groups is 1. The molecule has 34 heavy (non-hydrogen) atoms. The first-order valence-corrected chi connectivity index (χ1v) is 12.2. The Morgan fingerprint density at radius 3 is 2.53 bits per heavy atom. The molecule has 1 aromatic heterocycles. The monoisotopic (exact) mass is 469 g/mol. The molecule has 0 bridgehead atoms. The Hall–Kier alpha value is -3.64. The molecule has 1 amide bonds. The quantitative estimate of drug-likeness (QED) is 0.342. The van der Waals surface area contributed by atoms with Crippen LogP contribution >= 0.6 is 11.3 Å². The highest BCUT2D eigenvalue weighted by Crippen LogP contribution is 2.52. The highest BCUT2D eigenvalue weighted by atomic mass is 32.1. The minimum Gasteiger partial charge on any atom is -0.457 e. The van der Waals surface area contributed by atoms with Crippen molar-refractivity contribution in [3.63, 3.8) is 0 Å². The van der Waals surface area contributed by atoms with Crippen molar-refractivity contribution >= 4 is 28.1 Å². The SMILES string of the molecule is CN(Cc1ccccc1)c1ccc2c(c1)Oc1ccccc1C2C(C)(C)C(=O)Nc1nccs1. The first kappa shape index (κ1) is 22.2. The van der Waals surface area contributed by atoms with Crippen molar-refractivity contribution in [3.05, 3.63) is 101 Å². The Morgan fingerprint density at radius 2 is 1.76 bits per heavy atom. The highest BCUT2D eigenvalue weighted by molar-refractivity contribution is 7.13. The number of anilines is 2. The predicted molar refractivity (Wildman–Crippen MR) is 138 cm³/mol. The maximum atomic E-state index is 13.4. The molecule has 5 nitrogen and oxygen atoms in total. The molecule has 172 valence electrons. The summed E-state index contributed by atoms with van der Waals surface area (Å²) in [5.41, 5.74) is 3.59. The van der Waals surface area contributed by atoms with E-state index < -0.39 is 5.41 Å². The molecule has 1 N–H and O–H groups in total. The fourth-order valence-electron chi connectivity index (χ4n) is 4.59. The molecule has 0 fully saturated rings. The molecule has 0 saturated carbocycles. The molecule has 1 aliphatic rings. The van der Waals surface area contributed by atoms with Crippen LogP contribution in [-0.2, 0) is 11.3 Å². The molecule has 5 rings (SSSR count). The van der Waals surface area contributed by atoms with Gasteiger partial charge in [-0.05, 0) is 17.7 Å². The summed E-state index contributed by atoms with van der Waals surface area (Å²) in [6.07, 6.45) is 1.69. The van der Waals surface area contributed by atoms with Gasteiger partial charge in [-0.2, -0.15) is 0 Å². The Kier molecular flexibility index (Phi) is 5.84. The van der Waals surface area contributed by atoms with E-state index in [1.165, 1.54) is 16.9 Å². The van der Waals surface area contributed by atoms with Gasteiger partial charge in [-0.1, -0.05) is 68.4 Å². The van der Waals surface area contributed by atoms with Crippen molar-refractivity contribution in [2.24, 2.45) is 5.41 Å². The van der Waals surface area contributed by atoms with Gasteiger partial charge in [0.15, 0.2) is 5.13 Å². The van der Waals surface area contributed by atoms with Gasteiger partial charge in [0, 0.05) is 54.0 Å². The van der Waals surface area contributed by atoms with Gasteiger partial charge >= 0.3 is 0 Å². The molecule has 0 radical (unpaired) electrons. The molecule has 1 unspecified atom stereocenters. The molecule has 6 heteroatoms. The number of hydrogen-bond acceptors (Lipinski definition) is 5. The first-order chi connectivity index (χ1) is 16.4. The van der Waals surface area contributed by atoms with Crippen LogP contribution in [0.2, 0.25) is 0 Å². The van der Waals surface area contributed by atoms with Gasteiger partial charge in [-0.3, -0.25) is 4.79 Å². The normalized spacial score (nSPS) is 14.5. The van der Waals surface area contributed by atoms with E-state index in [0.29, 0.717) is 5.13 Å². The van der Waals surface area contributed by atoms with Crippen molar-refractivity contribution in [1.29, 1.82) is 0 Å². The summed E-state index contributed by atoms with van der Waals surface area (Å²) in [6, 6.07) is 24.7. The van der Waals surface area contributed by atoms with Crippen molar-refractivity contribution < 1.29 is 9.53 Å². The molecule has 1 aliphatic heterocycles. The Bertz CT molecular complexity index is 1300. The van der Waals surface area contributed by atoms with Crippen molar-refractivity contribution in [2.75, 3.05) is 17.3 Å². The molecule has 0 spiro atoms. The number of thiazole rings is 1. The smallest absolute Gasteiger partial charge is 0.232 e. The Balaban J connectivity index is 1.50. The van der Waals surface area contributed by atoms with Crippen LogP contribution < -0.4 is 15.0 Å². The average molecular weight is 470 g/mol. The zero-order valence-corrected chi connectivity index (χ0v) is 20.3. The number of benzene rings is 3. The fraction of sp³-hybridized carbons (Fsp3) is 0.214. The van der Waals surface area contributed by atoms with E-state index in [4.69, 9.17) is 4.74 Å². The van der Waals surface area contributed by atoms with E-state index in [2.05, 4.69) is 70.8 Å². The number of para-hydroxylation sites is 1. The average Bonchev–Trinajstić information content (AvgIpc) is 3.35. The van der Waals surface area contributed by atoms with Crippen LogP contribution in [0.15, 0.2) is 84.4 Å². The molecule has 3 aromatic carbocycles. The van der Waals surface area contributed by atoms with Crippen molar-refractivity contribution in [2.45, 2.75) is 26.3 Å². The van der Waals surface area contributed by atoms with Crippen molar-refractivity contribution in [3.8, 4) is 11.5 Å². The minimum atomic E-state index is -0.738. The lowest BCUT2D eigenvalue weighted by molar-refractivity contribution is -0.124. The third-order valence-corrected chi connectivity index (χ3v) is 7.11. The van der Waals surface area contributed by atoms with Gasteiger partial charge in [-0.25, -0.2) is 4.98 Å². The minimum absolute atomic E-state index is 0.0691. The van der Waals surface area contributed by atoms with Crippen molar-refractivity contribution in [1.82, 2.24) is 4.98 Å². The van der Waals surface area contributed by atoms with Crippen LogP contribution in [0.5, 0.6) is 11.5 Å². The van der Waals surface area contributed by atoms with Gasteiger partial charge in [-0.15, -0.1) is 11.3 Å². The number of aromatic nitrogens is 1. The first-order valence-electron chi connectivity index (χ1n) is 11.3. The third kappa shape index (κ3) is 4.17. The summed E-state index contributed by atoms with van der Waals surface area (Å²) in [5.74, 6) is 1.34. The standard InChI is InChI=1S/C28H27N3O2S/c1-28(2,26(32)30-27-29-15-16-34-27)25-21-11-7-8-12-23(21)33-24-17-20(13-14-22(24)25)31(3)18-19-9-5-4-6-10-19/h4-17,25H,18H2,1-3H3,(H,29,30,32). The van der Waals surface area contributed by atoms with Crippen LogP contribution in [0.1, 0.15) is 36.5 Å². The number of rotatable bonds is 6. The summed E-state index contributed by atoms with van der Waals surface area (Å²) in [5, 5.41) is 5.46. The second-order valence-corrected chi connectivity index (χ2v) is 10.0. The van der Waals surface area contributed by atoms with E-state index in [1.54, 1.807) is 6.20 Å². The molecule has 0 aliphatic carbocycles. The summed E-state index contributed by atoms with van der Waals surface area (Å²) in [7, 11) is 2.08. The number of nitrogens with one attached hydrogen (secondary N) is 1. The van der Waals surface area contributed by atoms with E-state index in [-0.39, 0.29) is 11.8 Å². The maximum absolute atomic E-state index is 13.4. The predicted octanol–water partition coefficient (Wildman–Crippen LogP) is 6.68. The van der Waals surface area contributed by atoms with E-state index in [0.717, 1.165) is 34.9 Å². The van der Waals surface area contributed by atoms with Gasteiger partial charge in [0.2, 0.25) is 5.91 Å². The Labute approximate surface area is 204 Å². The summed E-state index contributed by atoms with van der Waals surface area (Å²) in [6.45, 7) is 4.77. The van der Waals surface area contributed by atoms with E-state index >= 15 is 0 Å². The molecule has 4 aromatic rings. The van der Waals surface area contributed by atoms with Crippen LogP contribution in [0.25, 0.3) is 0 Å². The second kappa shape index (κ2) is 8.95. The van der Waals surface area contributed by atoms with Crippen LogP contribution in [0.4, 0.5) is 10.8 Å². The lowest BCUT2D eigenvalue weighted by atomic mass is 9.69. The molecule has 1 atom stereocenters. The lowest BCUT2D eigenvalue weighted by Gasteiger charge is -2.38.